The highest BCUT2D eigenvalue weighted by atomic mass is 32.1. The molecule has 2 saturated heterocycles. The molecule has 2 aromatic rings. The van der Waals surface area contributed by atoms with Crippen molar-refractivity contribution in [2.45, 2.75) is 83.1 Å². The third-order valence-electron chi connectivity index (χ3n) is 6.67. The summed E-state index contributed by atoms with van der Waals surface area (Å²) in [6, 6.07) is 2.47. The minimum absolute atomic E-state index is 0.0170. The lowest BCUT2D eigenvalue weighted by molar-refractivity contribution is -0.0679. The van der Waals surface area contributed by atoms with E-state index in [1.807, 2.05) is 13.0 Å². The first kappa shape index (κ1) is 21.3. The minimum atomic E-state index is -0.428. The van der Waals surface area contributed by atoms with E-state index in [9.17, 15) is 4.79 Å². The van der Waals surface area contributed by atoms with Gasteiger partial charge in [0, 0.05) is 31.1 Å². The Morgan fingerprint density at radius 1 is 1.39 bits per heavy atom. The number of carbonyl (C=O) groups excluding carboxylic acids is 1. The summed E-state index contributed by atoms with van der Waals surface area (Å²) in [5, 5.41) is 12.5. The number of epoxide rings is 1. The molecule has 0 radical (unpaired) electrons. The van der Waals surface area contributed by atoms with E-state index < -0.39 is 5.54 Å². The fourth-order valence-corrected chi connectivity index (χ4v) is 6.16. The van der Waals surface area contributed by atoms with Crippen LogP contribution in [0.4, 0.5) is 0 Å². The van der Waals surface area contributed by atoms with Crippen molar-refractivity contribution in [1.29, 1.82) is 0 Å². The third-order valence-corrected chi connectivity index (χ3v) is 7.80. The van der Waals surface area contributed by atoms with Gasteiger partial charge in [-0.3, -0.25) is 14.8 Å². The van der Waals surface area contributed by atoms with Gasteiger partial charge in [-0.1, -0.05) is 19.3 Å². The van der Waals surface area contributed by atoms with Gasteiger partial charge in [0.25, 0.3) is 5.91 Å². The lowest BCUT2D eigenvalue weighted by Crippen LogP contribution is -2.59. The van der Waals surface area contributed by atoms with Crippen molar-refractivity contribution in [2.75, 3.05) is 20.2 Å². The maximum absolute atomic E-state index is 13.2. The van der Waals surface area contributed by atoms with Crippen LogP contribution in [0.15, 0.2) is 6.07 Å². The van der Waals surface area contributed by atoms with E-state index in [0.717, 1.165) is 27.3 Å². The van der Waals surface area contributed by atoms with Crippen LogP contribution in [0, 0.1) is 6.92 Å². The molecule has 2 aliphatic heterocycles. The number of amides is 1. The number of methoxy groups -OCH3 is 1. The zero-order valence-corrected chi connectivity index (χ0v) is 19.6. The number of thiophene rings is 1. The van der Waals surface area contributed by atoms with Crippen LogP contribution in [-0.4, -0.2) is 65.0 Å². The molecule has 5 rings (SSSR count). The van der Waals surface area contributed by atoms with Gasteiger partial charge in [0.15, 0.2) is 12.5 Å². The minimum Gasteiger partial charge on any atom is -0.365 e. The van der Waals surface area contributed by atoms with Crippen molar-refractivity contribution in [3.05, 3.63) is 16.6 Å². The first-order valence-corrected chi connectivity index (χ1v) is 12.2. The highest BCUT2D eigenvalue weighted by Crippen LogP contribution is 2.36. The average Bonchev–Trinajstić information content (AvgIpc) is 3.30. The molecule has 9 heteroatoms. The zero-order chi connectivity index (χ0) is 21.8. The summed E-state index contributed by atoms with van der Waals surface area (Å²) in [7, 11) is 1.71. The van der Waals surface area contributed by atoms with Gasteiger partial charge in [-0.2, -0.15) is 5.10 Å². The molecular formula is C22H33N5O3S. The summed E-state index contributed by atoms with van der Waals surface area (Å²) >= 11 is 1.56. The molecule has 2 aromatic heterocycles. The molecule has 3 fully saturated rings. The molecule has 3 atom stereocenters. The van der Waals surface area contributed by atoms with Crippen LogP contribution in [0.5, 0.6) is 0 Å². The average molecular weight is 448 g/mol. The highest BCUT2D eigenvalue weighted by molar-refractivity contribution is 7.20. The van der Waals surface area contributed by atoms with Crippen LogP contribution in [0.2, 0.25) is 0 Å². The summed E-state index contributed by atoms with van der Waals surface area (Å²) in [6.45, 7) is 7.52. The predicted molar refractivity (Wildman–Crippen MR) is 120 cm³/mol. The SMILES string of the molecule is COC1CNC2OC2N1CC(C)(C)NC(=O)c1cc2c(C)nn(C3CCCCC3)c2s1. The van der Waals surface area contributed by atoms with E-state index in [4.69, 9.17) is 14.6 Å². The lowest BCUT2D eigenvalue weighted by atomic mass is 9.96. The number of carbonyl (C=O) groups is 1. The fraction of sp³-hybridized carbons (Fsp3) is 0.727. The number of aryl methyl sites for hydroxylation is 1. The summed E-state index contributed by atoms with van der Waals surface area (Å²) in [5.41, 5.74) is 0.582. The van der Waals surface area contributed by atoms with Crippen LogP contribution in [0.25, 0.3) is 10.2 Å². The Bertz CT molecular complexity index is 964. The molecule has 0 bridgehead atoms. The van der Waals surface area contributed by atoms with Crippen molar-refractivity contribution in [1.82, 2.24) is 25.3 Å². The predicted octanol–water partition coefficient (Wildman–Crippen LogP) is 2.98. The van der Waals surface area contributed by atoms with E-state index in [-0.39, 0.29) is 24.6 Å². The van der Waals surface area contributed by atoms with Crippen molar-refractivity contribution >= 4 is 27.5 Å². The maximum Gasteiger partial charge on any atom is 0.261 e. The summed E-state index contributed by atoms with van der Waals surface area (Å²) in [5.74, 6) is -0.0295. The van der Waals surface area contributed by atoms with Gasteiger partial charge >= 0.3 is 0 Å². The van der Waals surface area contributed by atoms with E-state index in [1.54, 1.807) is 18.4 Å². The van der Waals surface area contributed by atoms with Crippen molar-refractivity contribution < 1.29 is 14.3 Å². The van der Waals surface area contributed by atoms with E-state index in [1.165, 1.54) is 32.1 Å². The van der Waals surface area contributed by atoms with E-state index in [0.29, 0.717) is 12.6 Å². The van der Waals surface area contributed by atoms with Gasteiger partial charge in [0.1, 0.15) is 11.1 Å². The lowest BCUT2D eigenvalue weighted by Gasteiger charge is -2.38. The molecule has 3 unspecified atom stereocenters. The van der Waals surface area contributed by atoms with Crippen molar-refractivity contribution in [3.8, 4) is 0 Å². The monoisotopic (exact) mass is 447 g/mol. The van der Waals surface area contributed by atoms with Crippen LogP contribution >= 0.6 is 11.3 Å². The van der Waals surface area contributed by atoms with Gasteiger partial charge in [0.05, 0.1) is 16.6 Å². The quantitative estimate of drug-likeness (QED) is 0.663. The number of nitrogens with zero attached hydrogens (tertiary/aromatic N) is 3. The molecule has 2 N–H and O–H groups in total. The number of piperazine rings is 1. The molecule has 1 aliphatic carbocycles. The first-order chi connectivity index (χ1) is 14.9. The summed E-state index contributed by atoms with van der Waals surface area (Å²) < 4.78 is 13.5. The zero-order valence-electron chi connectivity index (χ0n) is 18.8. The van der Waals surface area contributed by atoms with Gasteiger partial charge in [-0.25, -0.2) is 4.90 Å². The van der Waals surface area contributed by atoms with Crippen LogP contribution in [0.3, 0.4) is 0 Å². The smallest absolute Gasteiger partial charge is 0.261 e. The molecule has 0 aromatic carbocycles. The maximum atomic E-state index is 13.2. The molecule has 4 heterocycles. The fourth-order valence-electron chi connectivity index (χ4n) is 5.04. The van der Waals surface area contributed by atoms with Gasteiger partial charge < -0.3 is 14.8 Å². The normalized spacial score (nSPS) is 27.4. The Labute approximate surface area is 187 Å². The molecule has 3 aliphatic rings. The second-order valence-electron chi connectivity index (χ2n) is 9.71. The topological polar surface area (TPSA) is 83.9 Å². The summed E-state index contributed by atoms with van der Waals surface area (Å²) in [4.78, 5) is 17.3. The van der Waals surface area contributed by atoms with Crippen LogP contribution < -0.4 is 10.6 Å². The third kappa shape index (κ3) is 4.14. The Balaban J connectivity index is 1.31. The van der Waals surface area contributed by atoms with E-state index >= 15 is 0 Å². The second-order valence-corrected chi connectivity index (χ2v) is 10.7. The second kappa shape index (κ2) is 8.12. The Morgan fingerprint density at radius 3 is 2.90 bits per heavy atom. The Kier molecular flexibility index (Phi) is 5.58. The molecule has 0 spiro atoms. The number of ether oxygens (including phenoxy) is 2. The molecular weight excluding hydrogens is 414 g/mol. The summed E-state index contributed by atoms with van der Waals surface area (Å²) in [6.07, 6.45) is 6.23. The number of hydrogen-bond acceptors (Lipinski definition) is 7. The largest absolute Gasteiger partial charge is 0.365 e. The molecule has 170 valence electrons. The number of nitrogens with one attached hydrogen (secondary N) is 2. The Morgan fingerprint density at radius 2 is 2.16 bits per heavy atom. The van der Waals surface area contributed by atoms with Gasteiger partial charge in [-0.15, -0.1) is 11.3 Å². The van der Waals surface area contributed by atoms with Crippen LogP contribution in [-0.2, 0) is 9.47 Å². The number of hydrogen-bond donors (Lipinski definition) is 2. The number of aromatic nitrogens is 2. The van der Waals surface area contributed by atoms with Gasteiger partial charge in [0.2, 0.25) is 0 Å². The molecule has 1 saturated carbocycles. The number of rotatable bonds is 6. The first-order valence-electron chi connectivity index (χ1n) is 11.3. The number of fused-ring (bicyclic) bond motifs is 2. The Hall–Kier alpha value is -1.52. The highest BCUT2D eigenvalue weighted by Gasteiger charge is 2.51. The standard InChI is InChI=1S/C22H33N5O3S/c1-13-15-10-16(31-21(15)27(25-13)14-8-6-5-7-9-14)18(28)24-22(2,3)12-26-17(29-4)11-23-19-20(26)30-19/h10,14,17,19-20,23H,5-9,11-12H2,1-4H3,(H,24,28). The van der Waals surface area contributed by atoms with Crippen LogP contribution in [0.1, 0.15) is 67.4 Å². The van der Waals surface area contributed by atoms with E-state index in [2.05, 4.69) is 34.1 Å². The van der Waals surface area contributed by atoms with Crippen molar-refractivity contribution in [3.63, 3.8) is 0 Å². The molecule has 31 heavy (non-hydrogen) atoms. The molecule has 8 nitrogen and oxygen atoms in total. The molecule has 1 amide bonds. The van der Waals surface area contributed by atoms with Crippen molar-refractivity contribution in [2.24, 2.45) is 0 Å². The van der Waals surface area contributed by atoms with Gasteiger partial charge in [-0.05, 0) is 39.7 Å².